The number of aliphatic hydroxyl groups excluding tert-OH is 3. The molecular formula is C10H14ClN5O4. The summed E-state index contributed by atoms with van der Waals surface area (Å²) in [5.74, 6) is -0.113. The van der Waals surface area contributed by atoms with Crippen LogP contribution in [-0.4, -0.2) is 81.0 Å². The molecule has 0 amide bonds. The molecule has 6 atom stereocenters. The van der Waals surface area contributed by atoms with Crippen LogP contribution in [0.2, 0.25) is 0 Å². The molecule has 0 bridgehead atoms. The number of nitrogens with one attached hydrogen (secondary N) is 2. The molecule has 0 aromatic rings. The van der Waals surface area contributed by atoms with E-state index < -0.39 is 43.4 Å². The van der Waals surface area contributed by atoms with E-state index in [9.17, 15) is 10.2 Å². The van der Waals surface area contributed by atoms with Gasteiger partial charge in [-0.3, -0.25) is 10.4 Å². The standard InChI is InChI=1S/C10H14ClN5O4/c11-7-4-8(15-10(12)14-7)16(2-13-4)9-6(19)5(18)3(1-17)20-9/h2-6,8-9,17-19H,1H2,(H2,12,15)/t3-,4?,5-,6-,8?,9-/m1/s1. The Morgan fingerprint density at radius 2 is 2.20 bits per heavy atom. The predicted octanol–water partition coefficient (Wildman–Crippen LogP) is -2.36. The summed E-state index contributed by atoms with van der Waals surface area (Å²) in [6.07, 6.45) is -3.23. The van der Waals surface area contributed by atoms with Crippen molar-refractivity contribution in [3.8, 4) is 0 Å². The molecule has 5 N–H and O–H groups in total. The molecule has 3 aliphatic rings. The Hall–Kier alpha value is -1.26. The quantitative estimate of drug-likeness (QED) is 0.387. The Labute approximate surface area is 119 Å². The van der Waals surface area contributed by atoms with Crippen molar-refractivity contribution in [2.45, 2.75) is 36.7 Å². The number of ether oxygens (including phenoxy) is 1. The molecular weight excluding hydrogens is 290 g/mol. The number of aliphatic imine (C=N–C) groups is 2. The first-order valence-electron chi connectivity index (χ1n) is 6.05. The second-order valence-corrected chi connectivity index (χ2v) is 5.15. The van der Waals surface area contributed by atoms with Gasteiger partial charge < -0.3 is 30.3 Å². The maximum atomic E-state index is 10.0. The highest BCUT2D eigenvalue weighted by molar-refractivity contribution is 6.67. The van der Waals surface area contributed by atoms with Gasteiger partial charge in [0.15, 0.2) is 6.23 Å². The van der Waals surface area contributed by atoms with Crippen LogP contribution in [0.3, 0.4) is 0 Å². The zero-order valence-corrected chi connectivity index (χ0v) is 11.0. The van der Waals surface area contributed by atoms with Gasteiger partial charge in [-0.25, -0.2) is 4.99 Å². The smallest absolute Gasteiger partial charge is 0.217 e. The van der Waals surface area contributed by atoms with Gasteiger partial charge in [0.1, 0.15) is 35.7 Å². The van der Waals surface area contributed by atoms with E-state index in [0.717, 1.165) is 0 Å². The summed E-state index contributed by atoms with van der Waals surface area (Å²) in [4.78, 5) is 9.45. The summed E-state index contributed by atoms with van der Waals surface area (Å²) in [6, 6.07) is -0.494. The molecule has 20 heavy (non-hydrogen) atoms. The highest BCUT2D eigenvalue weighted by Crippen LogP contribution is 2.29. The number of rotatable bonds is 2. The Kier molecular flexibility index (Phi) is 3.38. The van der Waals surface area contributed by atoms with Crippen molar-refractivity contribution >= 4 is 29.1 Å². The number of hydrogen-bond donors (Lipinski definition) is 5. The van der Waals surface area contributed by atoms with Gasteiger partial charge >= 0.3 is 0 Å². The van der Waals surface area contributed by atoms with Crippen LogP contribution in [0.25, 0.3) is 0 Å². The van der Waals surface area contributed by atoms with Crippen LogP contribution >= 0.6 is 11.6 Å². The summed E-state index contributed by atoms with van der Waals surface area (Å²) in [7, 11) is 0. The molecule has 0 spiro atoms. The second kappa shape index (κ2) is 4.93. The molecule has 1 saturated heterocycles. The molecule has 9 nitrogen and oxygen atoms in total. The van der Waals surface area contributed by atoms with E-state index in [0.29, 0.717) is 0 Å². The van der Waals surface area contributed by atoms with Gasteiger partial charge in [0.25, 0.3) is 0 Å². The van der Waals surface area contributed by atoms with E-state index >= 15 is 0 Å². The summed E-state index contributed by atoms with van der Waals surface area (Å²) in [5.41, 5.74) is 0. The number of hydrogen-bond acceptors (Lipinski definition) is 7. The molecule has 110 valence electrons. The molecule has 3 rings (SSSR count). The Morgan fingerprint density at radius 1 is 1.45 bits per heavy atom. The van der Waals surface area contributed by atoms with Crippen LogP contribution < -0.4 is 5.32 Å². The minimum absolute atomic E-state index is 0.113. The van der Waals surface area contributed by atoms with Crippen molar-refractivity contribution in [3.05, 3.63) is 0 Å². The molecule has 0 radical (unpaired) electrons. The molecule has 0 aliphatic carbocycles. The largest absolute Gasteiger partial charge is 0.394 e. The minimum Gasteiger partial charge on any atom is -0.394 e. The van der Waals surface area contributed by atoms with Gasteiger partial charge in [0.2, 0.25) is 5.96 Å². The van der Waals surface area contributed by atoms with Crippen LogP contribution in [0.15, 0.2) is 9.98 Å². The first-order valence-corrected chi connectivity index (χ1v) is 6.43. The van der Waals surface area contributed by atoms with E-state index in [1.54, 1.807) is 0 Å². The number of fused-ring (bicyclic) bond motifs is 1. The molecule has 3 heterocycles. The van der Waals surface area contributed by atoms with Crippen LogP contribution in [0.5, 0.6) is 0 Å². The zero-order chi connectivity index (χ0) is 14.4. The Morgan fingerprint density at radius 3 is 2.85 bits per heavy atom. The maximum Gasteiger partial charge on any atom is 0.217 e. The van der Waals surface area contributed by atoms with Crippen LogP contribution in [-0.2, 0) is 4.74 Å². The molecule has 0 aromatic heterocycles. The van der Waals surface area contributed by atoms with E-state index in [-0.39, 0.29) is 11.1 Å². The maximum absolute atomic E-state index is 10.0. The van der Waals surface area contributed by atoms with Crippen molar-refractivity contribution in [2.75, 3.05) is 6.61 Å². The summed E-state index contributed by atoms with van der Waals surface area (Å²) >= 11 is 5.94. The normalized spacial score (nSPS) is 43.5. The van der Waals surface area contributed by atoms with E-state index in [4.69, 9.17) is 26.9 Å². The van der Waals surface area contributed by atoms with E-state index in [2.05, 4.69) is 15.3 Å². The average molecular weight is 304 g/mol. The van der Waals surface area contributed by atoms with Crippen LogP contribution in [0.4, 0.5) is 0 Å². The lowest BCUT2D eigenvalue weighted by atomic mass is 10.1. The first kappa shape index (κ1) is 13.7. The molecule has 2 unspecified atom stereocenters. The van der Waals surface area contributed by atoms with Crippen molar-refractivity contribution < 1.29 is 20.1 Å². The Balaban J connectivity index is 1.81. The lowest BCUT2D eigenvalue weighted by molar-refractivity contribution is -0.0803. The zero-order valence-electron chi connectivity index (χ0n) is 10.2. The first-order chi connectivity index (χ1) is 9.52. The fraction of sp³-hybridized carbons (Fsp3) is 0.700. The fourth-order valence-electron chi connectivity index (χ4n) is 2.51. The monoisotopic (exact) mass is 303 g/mol. The van der Waals surface area contributed by atoms with Crippen molar-refractivity contribution in [2.24, 2.45) is 9.98 Å². The summed E-state index contributed by atoms with van der Waals surface area (Å²) in [6.45, 7) is -0.404. The molecule has 0 aromatic carbocycles. The van der Waals surface area contributed by atoms with Crippen molar-refractivity contribution in [1.29, 1.82) is 5.41 Å². The number of aliphatic hydroxyl groups is 3. The highest BCUT2D eigenvalue weighted by Gasteiger charge is 2.50. The molecule has 0 saturated carbocycles. The number of nitrogens with zero attached hydrogens (tertiary/aromatic N) is 3. The third-order valence-electron chi connectivity index (χ3n) is 3.54. The van der Waals surface area contributed by atoms with Gasteiger partial charge in [-0.05, 0) is 0 Å². The van der Waals surface area contributed by atoms with Gasteiger partial charge in [-0.2, -0.15) is 0 Å². The highest BCUT2D eigenvalue weighted by atomic mass is 35.5. The molecule has 1 fully saturated rings. The molecule has 10 heteroatoms. The minimum atomic E-state index is -1.20. The van der Waals surface area contributed by atoms with Gasteiger partial charge in [-0.15, -0.1) is 0 Å². The summed E-state index contributed by atoms with van der Waals surface area (Å²) < 4.78 is 5.43. The number of guanidine groups is 1. The van der Waals surface area contributed by atoms with Gasteiger partial charge in [-0.1, -0.05) is 11.6 Å². The van der Waals surface area contributed by atoms with E-state index in [1.807, 2.05) is 0 Å². The topological polar surface area (TPSA) is 134 Å². The molecule has 3 aliphatic heterocycles. The third kappa shape index (κ3) is 1.98. The summed E-state index contributed by atoms with van der Waals surface area (Å²) in [5, 5.41) is 39.4. The van der Waals surface area contributed by atoms with Gasteiger partial charge in [0, 0.05) is 0 Å². The Bertz CT molecular complexity index is 486. The van der Waals surface area contributed by atoms with Crippen molar-refractivity contribution in [1.82, 2.24) is 10.2 Å². The SMILES string of the molecule is N=C1N=C(Cl)C2N=CN([C@@H]3O[C@H](CO)[C@@H](O)[C@H]3O)C2N1. The third-order valence-corrected chi connectivity index (χ3v) is 3.85. The fourth-order valence-corrected chi connectivity index (χ4v) is 2.77. The predicted molar refractivity (Wildman–Crippen MR) is 69.8 cm³/mol. The average Bonchev–Trinajstić information content (AvgIpc) is 2.93. The lowest BCUT2D eigenvalue weighted by Crippen LogP contribution is -2.59. The van der Waals surface area contributed by atoms with Crippen LogP contribution in [0, 0.1) is 5.41 Å². The second-order valence-electron chi connectivity index (χ2n) is 4.76. The lowest BCUT2D eigenvalue weighted by Gasteiger charge is -2.35. The van der Waals surface area contributed by atoms with E-state index in [1.165, 1.54) is 11.2 Å². The van der Waals surface area contributed by atoms with Crippen LogP contribution in [0.1, 0.15) is 0 Å². The van der Waals surface area contributed by atoms with Crippen molar-refractivity contribution in [3.63, 3.8) is 0 Å². The van der Waals surface area contributed by atoms with Gasteiger partial charge in [0.05, 0.1) is 12.9 Å². The number of halogens is 1.